The first-order valence-corrected chi connectivity index (χ1v) is 12.0. The number of hydrogen-bond donors (Lipinski definition) is 0. The van der Waals surface area contributed by atoms with Crippen LogP contribution in [0.5, 0.6) is 0 Å². The van der Waals surface area contributed by atoms with Gasteiger partial charge in [-0.2, -0.15) is 0 Å². The van der Waals surface area contributed by atoms with Crippen LogP contribution in [-0.2, 0) is 0 Å². The second-order valence-corrected chi connectivity index (χ2v) is 11.2. The Kier molecular flexibility index (Phi) is 14.1. The average Bonchev–Trinajstić information content (AvgIpc) is 2.44. The largest absolute Gasteiger partial charge is 0.0651 e. The van der Waals surface area contributed by atoms with Gasteiger partial charge in [0.05, 0.1) is 0 Å². The van der Waals surface area contributed by atoms with E-state index >= 15 is 0 Å². The predicted molar refractivity (Wildman–Crippen MR) is 122 cm³/mol. The van der Waals surface area contributed by atoms with Gasteiger partial charge in [0, 0.05) is 0 Å². The van der Waals surface area contributed by atoms with Crippen molar-refractivity contribution in [3.8, 4) is 0 Å². The van der Waals surface area contributed by atoms with Crippen LogP contribution in [0.25, 0.3) is 0 Å². The molecular weight excluding hydrogens is 312 g/mol. The fourth-order valence-corrected chi connectivity index (χ4v) is 5.67. The maximum Gasteiger partial charge on any atom is -0.0438 e. The molecule has 0 saturated carbocycles. The fraction of sp³-hybridized carbons (Fsp3) is 1.00. The topological polar surface area (TPSA) is 0 Å². The third-order valence-electron chi connectivity index (χ3n) is 6.40. The lowest BCUT2D eigenvalue weighted by atomic mass is 9.80. The summed E-state index contributed by atoms with van der Waals surface area (Å²) < 4.78 is 0. The summed E-state index contributed by atoms with van der Waals surface area (Å²) in [6.07, 6.45) is 11.2. The van der Waals surface area contributed by atoms with E-state index in [0.717, 1.165) is 47.3 Å². The van der Waals surface area contributed by atoms with Crippen molar-refractivity contribution in [1.29, 1.82) is 0 Å². The minimum atomic E-state index is 0.846. The van der Waals surface area contributed by atoms with E-state index in [-0.39, 0.29) is 0 Å². The van der Waals surface area contributed by atoms with Gasteiger partial charge in [-0.05, 0) is 92.3 Å². The van der Waals surface area contributed by atoms with Gasteiger partial charge >= 0.3 is 0 Å². The van der Waals surface area contributed by atoms with Crippen molar-refractivity contribution in [3.63, 3.8) is 0 Å². The van der Waals surface area contributed by atoms with E-state index in [1.807, 2.05) is 0 Å². The average molecular weight is 367 g/mol. The molecule has 26 heavy (non-hydrogen) atoms. The van der Waals surface area contributed by atoms with Crippen LogP contribution in [-0.4, -0.2) is 0 Å². The number of hydrogen-bond acceptors (Lipinski definition) is 0. The van der Waals surface area contributed by atoms with Crippen LogP contribution in [0, 0.1) is 47.3 Å². The molecule has 0 bridgehead atoms. The standard InChI is InChI=1S/C26H54/c1-11-20(4)13-22(6)15-24(8)17-26(10)18-25(9)16-23(7)14-21(5)12-19(2)3/h19-26H,11-18H2,1-10H3. The van der Waals surface area contributed by atoms with Crippen LogP contribution in [0.15, 0.2) is 0 Å². The molecule has 0 aliphatic carbocycles. The van der Waals surface area contributed by atoms with Gasteiger partial charge in [0.1, 0.15) is 0 Å². The Morgan fingerprint density at radius 2 is 0.577 bits per heavy atom. The number of rotatable bonds is 15. The molecule has 0 aromatic rings. The summed E-state index contributed by atoms with van der Waals surface area (Å²) in [7, 11) is 0. The van der Waals surface area contributed by atoms with Crippen LogP contribution in [0.3, 0.4) is 0 Å². The van der Waals surface area contributed by atoms with Gasteiger partial charge in [-0.1, -0.05) is 75.7 Å². The third kappa shape index (κ3) is 14.1. The summed E-state index contributed by atoms with van der Waals surface area (Å²) in [5, 5.41) is 0. The van der Waals surface area contributed by atoms with Crippen molar-refractivity contribution < 1.29 is 0 Å². The summed E-state index contributed by atoms with van der Waals surface area (Å²) in [5.74, 6) is 7.08. The fourth-order valence-electron chi connectivity index (χ4n) is 5.67. The Labute approximate surface area is 168 Å². The minimum absolute atomic E-state index is 0.846. The predicted octanol–water partition coefficient (Wildman–Crippen LogP) is 9.24. The van der Waals surface area contributed by atoms with E-state index in [9.17, 15) is 0 Å². The molecule has 0 aliphatic heterocycles. The Morgan fingerprint density at radius 3 is 0.808 bits per heavy atom. The second kappa shape index (κ2) is 14.1. The van der Waals surface area contributed by atoms with Crippen LogP contribution >= 0.6 is 0 Å². The lowest BCUT2D eigenvalue weighted by Crippen LogP contribution is -2.14. The van der Waals surface area contributed by atoms with E-state index < -0.39 is 0 Å². The molecule has 0 amide bonds. The zero-order valence-corrected chi connectivity index (χ0v) is 20.3. The van der Waals surface area contributed by atoms with Crippen LogP contribution in [0.2, 0.25) is 0 Å². The Bertz CT molecular complexity index is 318. The lowest BCUT2D eigenvalue weighted by molar-refractivity contribution is 0.259. The molecule has 0 N–H and O–H groups in total. The van der Waals surface area contributed by atoms with Gasteiger partial charge in [-0.25, -0.2) is 0 Å². The summed E-state index contributed by atoms with van der Waals surface area (Å²) in [6.45, 7) is 24.3. The van der Waals surface area contributed by atoms with E-state index in [4.69, 9.17) is 0 Å². The Hall–Kier alpha value is 0. The van der Waals surface area contributed by atoms with Crippen molar-refractivity contribution >= 4 is 0 Å². The van der Waals surface area contributed by atoms with E-state index in [2.05, 4.69) is 69.2 Å². The molecule has 0 fully saturated rings. The molecule has 158 valence electrons. The third-order valence-corrected chi connectivity index (χ3v) is 6.40. The van der Waals surface area contributed by atoms with Crippen molar-refractivity contribution in [2.24, 2.45) is 47.3 Å². The molecule has 0 aromatic carbocycles. The van der Waals surface area contributed by atoms with Gasteiger partial charge in [0.25, 0.3) is 0 Å². The zero-order valence-electron chi connectivity index (χ0n) is 20.3. The highest BCUT2D eigenvalue weighted by molar-refractivity contribution is 4.70. The summed E-state index contributed by atoms with van der Waals surface area (Å²) in [4.78, 5) is 0. The highest BCUT2D eigenvalue weighted by atomic mass is 14.2. The monoisotopic (exact) mass is 366 g/mol. The zero-order chi connectivity index (χ0) is 20.3. The minimum Gasteiger partial charge on any atom is -0.0651 e. The molecule has 0 rings (SSSR count). The van der Waals surface area contributed by atoms with E-state index in [0.29, 0.717) is 0 Å². The highest BCUT2D eigenvalue weighted by Crippen LogP contribution is 2.30. The highest BCUT2D eigenvalue weighted by Gasteiger charge is 2.18. The molecule has 0 aliphatic rings. The first kappa shape index (κ1) is 26.0. The molecule has 7 unspecified atom stereocenters. The first-order valence-electron chi connectivity index (χ1n) is 12.0. The van der Waals surface area contributed by atoms with Gasteiger partial charge < -0.3 is 0 Å². The maximum absolute atomic E-state index is 2.50. The Morgan fingerprint density at radius 1 is 0.346 bits per heavy atom. The molecule has 7 atom stereocenters. The van der Waals surface area contributed by atoms with E-state index in [1.165, 1.54) is 51.4 Å². The van der Waals surface area contributed by atoms with Gasteiger partial charge in [0.2, 0.25) is 0 Å². The van der Waals surface area contributed by atoms with Crippen molar-refractivity contribution in [2.45, 2.75) is 121 Å². The van der Waals surface area contributed by atoms with E-state index in [1.54, 1.807) is 0 Å². The van der Waals surface area contributed by atoms with Crippen LogP contribution in [0.1, 0.15) is 121 Å². The van der Waals surface area contributed by atoms with Crippen molar-refractivity contribution in [2.75, 3.05) is 0 Å². The molecule has 0 nitrogen and oxygen atoms in total. The molecule has 0 saturated heterocycles. The second-order valence-electron chi connectivity index (χ2n) is 11.2. The Balaban J connectivity index is 4.07. The molecular formula is C26H54. The van der Waals surface area contributed by atoms with Crippen molar-refractivity contribution in [3.05, 3.63) is 0 Å². The SMILES string of the molecule is CCC(C)CC(C)CC(C)CC(C)CC(C)CC(C)CC(C)CC(C)C. The maximum atomic E-state index is 2.50. The van der Waals surface area contributed by atoms with Crippen LogP contribution in [0.4, 0.5) is 0 Å². The molecule has 0 heteroatoms. The molecule has 0 spiro atoms. The smallest absolute Gasteiger partial charge is 0.0438 e. The van der Waals surface area contributed by atoms with Crippen LogP contribution < -0.4 is 0 Å². The van der Waals surface area contributed by atoms with Gasteiger partial charge in [-0.3, -0.25) is 0 Å². The molecule has 0 radical (unpaired) electrons. The summed E-state index contributed by atoms with van der Waals surface area (Å²) in [5.41, 5.74) is 0. The van der Waals surface area contributed by atoms with Gasteiger partial charge in [-0.15, -0.1) is 0 Å². The quantitative estimate of drug-likeness (QED) is 0.271. The first-order chi connectivity index (χ1) is 12.0. The summed E-state index contributed by atoms with van der Waals surface area (Å²) >= 11 is 0. The summed E-state index contributed by atoms with van der Waals surface area (Å²) in [6, 6.07) is 0. The lowest BCUT2D eigenvalue weighted by Gasteiger charge is -2.26. The molecule has 0 heterocycles. The normalized spacial score (nSPS) is 20.4. The van der Waals surface area contributed by atoms with Gasteiger partial charge in [0.15, 0.2) is 0 Å². The molecule has 0 aromatic heterocycles. The van der Waals surface area contributed by atoms with Crippen molar-refractivity contribution in [1.82, 2.24) is 0 Å².